The van der Waals surface area contributed by atoms with Gasteiger partial charge in [0, 0.05) is 25.7 Å². The van der Waals surface area contributed by atoms with Crippen LogP contribution in [0.1, 0.15) is 312 Å². The maximum atomic E-state index is 13.0. The average Bonchev–Trinajstić information content (AvgIpc) is 3.44. The van der Waals surface area contributed by atoms with E-state index in [1.165, 1.54) is 109 Å². The van der Waals surface area contributed by atoms with Crippen LogP contribution in [0.4, 0.5) is 0 Å². The Kier molecular flexibility index (Phi) is 54.1. The van der Waals surface area contributed by atoms with Gasteiger partial charge in [-0.25, -0.2) is 9.13 Å². The van der Waals surface area contributed by atoms with Gasteiger partial charge in [-0.1, -0.05) is 260 Å². The minimum atomic E-state index is -4.94. The predicted molar refractivity (Wildman–Crippen MR) is 331 cm³/mol. The summed E-state index contributed by atoms with van der Waals surface area (Å²) in [5, 5.41) is 10.5. The molecule has 17 nitrogen and oxygen atoms in total. The third-order valence-corrected chi connectivity index (χ3v) is 16.5. The number of aliphatic hydroxyl groups excluding tert-OH is 1. The lowest BCUT2D eigenvalue weighted by Gasteiger charge is -2.21. The standard InChI is InChI=1S/C64H124O17P2/c1-8-9-10-11-21-31-38-45-61(66)74-51-59(81-64(69)48-41-34-27-20-24-30-37-44-57(6)7)53-78-82(70,71)76-49-58(65)50-77-83(72,73)79-54-60(52-75-62(67)46-39-32-25-19-18-23-29-36-43-56(4)5)80-63(68)47-40-33-26-17-15-13-12-14-16-22-28-35-42-55(2)3/h55-60,65H,8-54H2,1-7H3,(H,70,71)(H,72,73)/t58-,59+,60+/m0/s1. The van der Waals surface area contributed by atoms with E-state index in [0.717, 1.165) is 115 Å². The van der Waals surface area contributed by atoms with Crippen LogP contribution in [0, 0.1) is 17.8 Å². The Hall–Kier alpha value is -1.94. The van der Waals surface area contributed by atoms with Gasteiger partial charge in [-0.2, -0.15) is 0 Å². The highest BCUT2D eigenvalue weighted by atomic mass is 31.2. The van der Waals surface area contributed by atoms with Gasteiger partial charge in [0.1, 0.15) is 19.3 Å². The van der Waals surface area contributed by atoms with Crippen molar-refractivity contribution in [2.24, 2.45) is 17.8 Å². The van der Waals surface area contributed by atoms with Gasteiger partial charge in [-0.15, -0.1) is 0 Å². The van der Waals surface area contributed by atoms with Crippen LogP contribution in [0.5, 0.6) is 0 Å². The highest BCUT2D eigenvalue weighted by Gasteiger charge is 2.30. The molecule has 0 saturated heterocycles. The monoisotopic (exact) mass is 1230 g/mol. The molecule has 5 atom stereocenters. The van der Waals surface area contributed by atoms with Crippen molar-refractivity contribution < 1.29 is 80.2 Å². The molecule has 0 amide bonds. The van der Waals surface area contributed by atoms with E-state index in [1.807, 2.05) is 0 Å². The zero-order valence-electron chi connectivity index (χ0n) is 53.6. The minimum Gasteiger partial charge on any atom is -0.462 e. The van der Waals surface area contributed by atoms with Crippen LogP contribution in [0.3, 0.4) is 0 Å². The molecule has 0 aromatic carbocycles. The van der Waals surface area contributed by atoms with Gasteiger partial charge in [0.25, 0.3) is 0 Å². The second-order valence-electron chi connectivity index (χ2n) is 24.6. The Labute approximate surface area is 505 Å². The fourth-order valence-corrected chi connectivity index (χ4v) is 11.1. The number of ether oxygens (including phenoxy) is 4. The quantitative estimate of drug-likeness (QED) is 0.0222. The zero-order valence-corrected chi connectivity index (χ0v) is 55.4. The van der Waals surface area contributed by atoms with E-state index in [1.54, 1.807) is 0 Å². The molecule has 0 spiro atoms. The third kappa shape index (κ3) is 58.8. The first kappa shape index (κ1) is 81.1. The van der Waals surface area contributed by atoms with Crippen LogP contribution in [-0.2, 0) is 65.4 Å². The number of esters is 4. The molecule has 83 heavy (non-hydrogen) atoms. The molecule has 0 aromatic rings. The number of phosphoric ester groups is 2. The second-order valence-corrected chi connectivity index (χ2v) is 27.5. The SMILES string of the molecule is CCCCCCCCCC(=O)OC[C@H](COP(=O)(O)OC[C@H](O)COP(=O)(O)OC[C@@H](COC(=O)CCCCCCCCCCC(C)C)OC(=O)CCCCCCCCCCCCCCC(C)C)OC(=O)CCCCCCCCCC(C)C. The van der Waals surface area contributed by atoms with Gasteiger partial charge in [0.05, 0.1) is 26.4 Å². The molecule has 0 aliphatic carbocycles. The molecule has 0 fully saturated rings. The van der Waals surface area contributed by atoms with Crippen LogP contribution >= 0.6 is 15.6 Å². The summed E-state index contributed by atoms with van der Waals surface area (Å²) >= 11 is 0. The van der Waals surface area contributed by atoms with Crippen LogP contribution < -0.4 is 0 Å². The van der Waals surface area contributed by atoms with E-state index in [-0.39, 0.29) is 25.7 Å². The van der Waals surface area contributed by atoms with Crippen LogP contribution in [0.25, 0.3) is 0 Å². The van der Waals surface area contributed by atoms with Gasteiger partial charge in [0.2, 0.25) is 0 Å². The number of rotatable bonds is 62. The fraction of sp³-hybridized carbons (Fsp3) is 0.938. The highest BCUT2D eigenvalue weighted by Crippen LogP contribution is 2.45. The average molecular weight is 1230 g/mol. The van der Waals surface area contributed by atoms with Crippen molar-refractivity contribution in [1.82, 2.24) is 0 Å². The van der Waals surface area contributed by atoms with Crippen molar-refractivity contribution in [2.75, 3.05) is 39.6 Å². The minimum absolute atomic E-state index is 0.103. The highest BCUT2D eigenvalue weighted by molar-refractivity contribution is 7.47. The van der Waals surface area contributed by atoms with E-state index in [9.17, 15) is 43.2 Å². The van der Waals surface area contributed by atoms with Gasteiger partial charge in [-0.05, 0) is 43.4 Å². The van der Waals surface area contributed by atoms with Gasteiger partial charge >= 0.3 is 39.5 Å². The van der Waals surface area contributed by atoms with Crippen molar-refractivity contribution in [2.45, 2.75) is 330 Å². The Balaban J connectivity index is 5.21. The summed E-state index contributed by atoms with van der Waals surface area (Å²) in [7, 11) is -9.88. The summed E-state index contributed by atoms with van der Waals surface area (Å²) in [6.45, 7) is 11.7. The molecule has 0 bridgehead atoms. The first-order valence-corrected chi connectivity index (χ1v) is 36.3. The summed E-state index contributed by atoms with van der Waals surface area (Å²) in [4.78, 5) is 72.1. The van der Waals surface area contributed by atoms with E-state index < -0.39 is 97.5 Å². The number of aliphatic hydroxyl groups is 1. The number of hydrogen-bond donors (Lipinski definition) is 3. The number of carbonyl (C=O) groups excluding carboxylic acids is 4. The lowest BCUT2D eigenvalue weighted by Crippen LogP contribution is -2.30. The number of carbonyl (C=O) groups is 4. The van der Waals surface area contributed by atoms with Crippen LogP contribution in [-0.4, -0.2) is 96.7 Å². The van der Waals surface area contributed by atoms with Crippen molar-refractivity contribution in [3.63, 3.8) is 0 Å². The summed E-state index contributed by atoms with van der Waals surface area (Å²) in [6.07, 6.45) is 36.4. The molecule has 3 N–H and O–H groups in total. The Bertz CT molecular complexity index is 1650. The molecule has 0 saturated carbocycles. The number of unbranched alkanes of at least 4 members (excludes halogenated alkanes) is 30. The number of phosphoric acid groups is 2. The lowest BCUT2D eigenvalue weighted by molar-refractivity contribution is -0.161. The molecule has 492 valence electrons. The predicted octanol–water partition coefficient (Wildman–Crippen LogP) is 17.5. The van der Waals surface area contributed by atoms with Crippen molar-refractivity contribution in [1.29, 1.82) is 0 Å². The summed E-state index contributed by atoms with van der Waals surface area (Å²) in [6, 6.07) is 0. The summed E-state index contributed by atoms with van der Waals surface area (Å²) in [5.74, 6) is 0.0573. The Morgan fingerprint density at radius 2 is 0.554 bits per heavy atom. The van der Waals surface area contributed by atoms with E-state index >= 15 is 0 Å². The first-order valence-electron chi connectivity index (χ1n) is 33.3. The molecule has 0 radical (unpaired) electrons. The van der Waals surface area contributed by atoms with Crippen molar-refractivity contribution in [3.8, 4) is 0 Å². The fourth-order valence-electron chi connectivity index (χ4n) is 9.48. The maximum Gasteiger partial charge on any atom is 0.472 e. The smallest absolute Gasteiger partial charge is 0.462 e. The normalized spacial score (nSPS) is 14.4. The van der Waals surface area contributed by atoms with Gasteiger partial charge in [-0.3, -0.25) is 37.3 Å². The zero-order chi connectivity index (χ0) is 61.7. The van der Waals surface area contributed by atoms with E-state index in [4.69, 9.17) is 37.0 Å². The van der Waals surface area contributed by atoms with Crippen molar-refractivity contribution >= 4 is 39.5 Å². The molecule has 19 heteroatoms. The summed E-state index contributed by atoms with van der Waals surface area (Å²) in [5.41, 5.74) is 0. The Morgan fingerprint density at radius 3 is 0.819 bits per heavy atom. The Morgan fingerprint density at radius 1 is 0.325 bits per heavy atom. The van der Waals surface area contributed by atoms with Gasteiger partial charge in [0.15, 0.2) is 12.2 Å². The van der Waals surface area contributed by atoms with Gasteiger partial charge < -0.3 is 33.8 Å². The van der Waals surface area contributed by atoms with E-state index in [2.05, 4.69) is 48.5 Å². The van der Waals surface area contributed by atoms with E-state index in [0.29, 0.717) is 31.6 Å². The largest absolute Gasteiger partial charge is 0.472 e. The van der Waals surface area contributed by atoms with Crippen molar-refractivity contribution in [3.05, 3.63) is 0 Å². The molecule has 0 heterocycles. The second kappa shape index (κ2) is 55.4. The number of hydrogen-bond acceptors (Lipinski definition) is 15. The van der Waals surface area contributed by atoms with Crippen LogP contribution in [0.15, 0.2) is 0 Å². The molecule has 0 aliphatic rings. The molecule has 2 unspecified atom stereocenters. The molecular weight excluding hydrogens is 1100 g/mol. The summed E-state index contributed by atoms with van der Waals surface area (Å²) < 4.78 is 67.9. The lowest BCUT2D eigenvalue weighted by atomic mass is 10.0. The third-order valence-electron chi connectivity index (χ3n) is 14.6. The molecule has 0 aromatic heterocycles. The molecule has 0 rings (SSSR count). The topological polar surface area (TPSA) is 237 Å². The maximum absolute atomic E-state index is 13.0. The van der Waals surface area contributed by atoms with Crippen LogP contribution in [0.2, 0.25) is 0 Å². The molecule has 0 aliphatic heterocycles. The molecular formula is C64H124O17P2. The first-order chi connectivity index (χ1) is 39.7.